The Balaban J connectivity index is 1.95. The molecular formula is C22H12ClF4N3O3. The van der Waals surface area contributed by atoms with Crippen LogP contribution in [-0.2, 0) is 11.3 Å². The molecule has 0 aliphatic rings. The van der Waals surface area contributed by atoms with Gasteiger partial charge in [0.1, 0.15) is 17.2 Å². The molecule has 2 aromatic carbocycles. The van der Waals surface area contributed by atoms with Crippen LogP contribution in [0, 0.1) is 23.3 Å². The number of carbonyl (C=O) groups is 1. The predicted molar refractivity (Wildman–Crippen MR) is 112 cm³/mol. The van der Waals surface area contributed by atoms with Crippen molar-refractivity contribution >= 4 is 34.3 Å². The highest BCUT2D eigenvalue weighted by molar-refractivity contribution is 6.35. The van der Waals surface area contributed by atoms with Gasteiger partial charge in [-0.2, -0.15) is 0 Å². The van der Waals surface area contributed by atoms with Crippen molar-refractivity contribution in [3.63, 3.8) is 0 Å². The third kappa shape index (κ3) is 4.00. The first-order valence-corrected chi connectivity index (χ1v) is 9.62. The number of esters is 1. The highest BCUT2D eigenvalue weighted by atomic mass is 35.5. The lowest BCUT2D eigenvalue weighted by Gasteiger charge is -2.15. The third-order valence-corrected chi connectivity index (χ3v) is 5.07. The van der Waals surface area contributed by atoms with Crippen molar-refractivity contribution in [2.45, 2.75) is 6.61 Å². The van der Waals surface area contributed by atoms with Crippen molar-refractivity contribution in [2.75, 3.05) is 5.73 Å². The third-order valence-electron chi connectivity index (χ3n) is 4.72. The molecule has 0 spiro atoms. The number of fused-ring (bicyclic) bond motifs is 1. The number of pyridine rings is 2. The van der Waals surface area contributed by atoms with Crippen LogP contribution in [-0.4, -0.2) is 15.5 Å². The van der Waals surface area contributed by atoms with Crippen LogP contribution in [0.2, 0.25) is 5.02 Å². The molecule has 0 amide bonds. The molecule has 168 valence electrons. The van der Waals surface area contributed by atoms with E-state index in [4.69, 9.17) is 22.1 Å². The predicted octanol–water partition coefficient (Wildman–Crippen LogP) is 4.53. The first kappa shape index (κ1) is 22.3. The zero-order chi connectivity index (χ0) is 23.9. The minimum atomic E-state index is -1.52. The molecule has 0 radical (unpaired) electrons. The summed E-state index contributed by atoms with van der Waals surface area (Å²) in [4.78, 5) is 29.2. The molecular weight excluding hydrogens is 466 g/mol. The molecule has 2 heterocycles. The van der Waals surface area contributed by atoms with Gasteiger partial charge >= 0.3 is 5.97 Å². The van der Waals surface area contributed by atoms with Gasteiger partial charge in [-0.1, -0.05) is 41.9 Å². The SMILES string of the molecule is Nc1nc(-n2cc(C(=O)OCc3ccccc3)c(=O)c3cc(F)c(F)c(Cl)c32)c(F)cc1F. The Hall–Kier alpha value is -3.92. The second-order valence-electron chi connectivity index (χ2n) is 6.85. The molecule has 0 unspecified atom stereocenters. The monoisotopic (exact) mass is 477 g/mol. The van der Waals surface area contributed by atoms with Gasteiger partial charge in [0.05, 0.1) is 10.9 Å². The van der Waals surface area contributed by atoms with E-state index >= 15 is 0 Å². The van der Waals surface area contributed by atoms with Gasteiger partial charge in [0.2, 0.25) is 5.43 Å². The molecule has 0 bridgehead atoms. The number of nitrogens with zero attached hydrogens (tertiary/aromatic N) is 2. The van der Waals surface area contributed by atoms with Crippen molar-refractivity contribution in [3.05, 3.63) is 98.3 Å². The Labute approximate surface area is 187 Å². The fourth-order valence-electron chi connectivity index (χ4n) is 3.14. The van der Waals surface area contributed by atoms with Crippen molar-refractivity contribution < 1.29 is 27.1 Å². The lowest BCUT2D eigenvalue weighted by atomic mass is 10.1. The Morgan fingerprint density at radius 2 is 1.76 bits per heavy atom. The van der Waals surface area contributed by atoms with Gasteiger partial charge < -0.3 is 10.5 Å². The van der Waals surface area contributed by atoms with Crippen molar-refractivity contribution in [1.29, 1.82) is 0 Å². The number of anilines is 1. The smallest absolute Gasteiger partial charge is 0.344 e. The number of carbonyl (C=O) groups excluding carboxylic acids is 1. The van der Waals surface area contributed by atoms with Crippen LogP contribution >= 0.6 is 11.6 Å². The van der Waals surface area contributed by atoms with Crippen molar-refractivity contribution in [2.24, 2.45) is 0 Å². The Kier molecular flexibility index (Phi) is 5.77. The van der Waals surface area contributed by atoms with Gasteiger partial charge in [-0.15, -0.1) is 0 Å². The van der Waals surface area contributed by atoms with E-state index in [1.807, 2.05) is 0 Å². The largest absolute Gasteiger partial charge is 0.457 e. The van der Waals surface area contributed by atoms with Crippen LogP contribution in [0.25, 0.3) is 16.7 Å². The van der Waals surface area contributed by atoms with Crippen LogP contribution < -0.4 is 11.2 Å². The maximum Gasteiger partial charge on any atom is 0.344 e. The average molecular weight is 478 g/mol. The van der Waals surface area contributed by atoms with Crippen molar-refractivity contribution in [1.82, 2.24) is 9.55 Å². The van der Waals surface area contributed by atoms with E-state index in [1.165, 1.54) is 0 Å². The fraction of sp³-hybridized carbons (Fsp3) is 0.0455. The van der Waals surface area contributed by atoms with E-state index in [-0.39, 0.29) is 6.61 Å². The van der Waals surface area contributed by atoms with Crippen LogP contribution in [0.1, 0.15) is 15.9 Å². The maximum absolute atomic E-state index is 14.6. The highest BCUT2D eigenvalue weighted by Gasteiger charge is 2.25. The van der Waals surface area contributed by atoms with Gasteiger partial charge in [-0.25, -0.2) is 27.3 Å². The second-order valence-corrected chi connectivity index (χ2v) is 7.22. The van der Waals surface area contributed by atoms with E-state index in [1.54, 1.807) is 30.3 Å². The Bertz CT molecular complexity index is 1480. The molecule has 33 heavy (non-hydrogen) atoms. The highest BCUT2D eigenvalue weighted by Crippen LogP contribution is 2.30. The summed E-state index contributed by atoms with van der Waals surface area (Å²) in [6, 6.07) is 9.42. The fourth-order valence-corrected chi connectivity index (χ4v) is 3.43. The molecule has 2 aromatic heterocycles. The number of ether oxygens (including phenoxy) is 1. The summed E-state index contributed by atoms with van der Waals surface area (Å²) < 4.78 is 62.3. The van der Waals surface area contributed by atoms with E-state index < -0.39 is 67.8 Å². The minimum absolute atomic E-state index is 0.203. The van der Waals surface area contributed by atoms with Crippen LogP contribution in [0.15, 0.2) is 53.5 Å². The van der Waals surface area contributed by atoms with Gasteiger partial charge in [-0.05, 0) is 11.6 Å². The number of nitrogens with two attached hydrogens (primary N) is 1. The quantitative estimate of drug-likeness (QED) is 0.265. The average Bonchev–Trinajstić information content (AvgIpc) is 2.80. The Morgan fingerprint density at radius 1 is 1.06 bits per heavy atom. The normalized spacial score (nSPS) is 11.1. The molecule has 0 atom stereocenters. The molecule has 0 aliphatic heterocycles. The molecule has 0 fully saturated rings. The maximum atomic E-state index is 14.6. The number of aromatic nitrogens is 2. The summed E-state index contributed by atoms with van der Waals surface area (Å²) in [7, 11) is 0. The van der Waals surface area contributed by atoms with Gasteiger partial charge in [0, 0.05) is 12.3 Å². The number of hydrogen-bond donors (Lipinski definition) is 1. The zero-order valence-electron chi connectivity index (χ0n) is 16.4. The molecule has 6 nitrogen and oxygen atoms in total. The molecule has 0 saturated carbocycles. The van der Waals surface area contributed by atoms with E-state index in [0.29, 0.717) is 22.3 Å². The summed E-state index contributed by atoms with van der Waals surface area (Å²) in [5.74, 6) is -7.99. The molecule has 11 heteroatoms. The molecule has 0 saturated heterocycles. The summed E-state index contributed by atoms with van der Waals surface area (Å²) in [5.41, 5.74) is 3.83. The molecule has 4 aromatic rings. The molecule has 0 aliphatic carbocycles. The molecule has 2 N–H and O–H groups in total. The number of hydrogen-bond acceptors (Lipinski definition) is 5. The minimum Gasteiger partial charge on any atom is -0.457 e. The number of rotatable bonds is 4. The summed E-state index contributed by atoms with van der Waals surface area (Å²) in [6.45, 7) is -0.203. The Morgan fingerprint density at radius 3 is 2.45 bits per heavy atom. The van der Waals surface area contributed by atoms with Gasteiger partial charge in [0.15, 0.2) is 34.9 Å². The van der Waals surface area contributed by atoms with E-state index in [2.05, 4.69) is 4.98 Å². The standard InChI is InChI=1S/C22H12ClF4N3O3/c23-16-17(27)13(24)6-11-18(16)30(21-15(26)7-14(25)20(28)29-21)8-12(19(11)31)22(32)33-9-10-4-2-1-3-5-10/h1-8H,9H2,(H2,28,29). The topological polar surface area (TPSA) is 87.2 Å². The first-order valence-electron chi connectivity index (χ1n) is 9.24. The first-order chi connectivity index (χ1) is 15.7. The van der Waals surface area contributed by atoms with Gasteiger partial charge in [0.25, 0.3) is 0 Å². The summed E-state index contributed by atoms with van der Waals surface area (Å²) >= 11 is 5.91. The van der Waals surface area contributed by atoms with E-state index in [0.717, 1.165) is 6.20 Å². The zero-order valence-corrected chi connectivity index (χ0v) is 17.2. The molecule has 4 rings (SSSR count). The van der Waals surface area contributed by atoms with E-state index in [9.17, 15) is 27.2 Å². The summed E-state index contributed by atoms with van der Waals surface area (Å²) in [6.07, 6.45) is 0.796. The lowest BCUT2D eigenvalue weighted by Crippen LogP contribution is -2.22. The van der Waals surface area contributed by atoms with Crippen LogP contribution in [0.3, 0.4) is 0 Å². The van der Waals surface area contributed by atoms with Crippen molar-refractivity contribution in [3.8, 4) is 5.82 Å². The number of halogens is 5. The number of benzene rings is 2. The van der Waals surface area contributed by atoms with Crippen LogP contribution in [0.5, 0.6) is 0 Å². The number of nitrogen functional groups attached to an aromatic ring is 1. The van der Waals surface area contributed by atoms with Crippen LogP contribution in [0.4, 0.5) is 23.4 Å². The second kappa shape index (κ2) is 8.55. The lowest BCUT2D eigenvalue weighted by molar-refractivity contribution is 0.0470. The summed E-state index contributed by atoms with van der Waals surface area (Å²) in [5, 5.41) is -1.44. The van der Waals surface area contributed by atoms with Gasteiger partial charge in [-0.3, -0.25) is 9.36 Å².